The minimum atomic E-state index is -2.90. The van der Waals surface area contributed by atoms with E-state index in [1.54, 1.807) is 22.9 Å². The Labute approximate surface area is 226 Å². The Morgan fingerprint density at radius 2 is 1.95 bits per heavy atom. The average Bonchev–Trinajstić information content (AvgIpc) is 3.20. The topological polar surface area (TPSA) is 91.0 Å². The van der Waals surface area contributed by atoms with Crippen molar-refractivity contribution in [3.63, 3.8) is 0 Å². The summed E-state index contributed by atoms with van der Waals surface area (Å²) in [4.78, 5) is 34.3. The SMILES string of the molecule is COc1ccc(F)c(-n2c(=O)n(CC3CCC(NC(=O)c4cc(Cl)cnc4C(F)F)CC3)c3ncccc32)c1. The van der Waals surface area contributed by atoms with E-state index in [0.717, 1.165) is 6.20 Å². The second-order valence-electron chi connectivity index (χ2n) is 9.47. The molecule has 0 unspecified atom stereocenters. The number of methoxy groups -OCH3 is 1. The Morgan fingerprint density at radius 3 is 2.67 bits per heavy atom. The second-order valence-corrected chi connectivity index (χ2v) is 9.91. The highest BCUT2D eigenvalue weighted by Crippen LogP contribution is 2.29. The normalized spacial score (nSPS) is 17.5. The predicted octanol–water partition coefficient (Wildman–Crippen LogP) is 5.31. The number of imidazole rings is 1. The Kier molecular flexibility index (Phi) is 7.60. The molecular formula is C27H25ClF3N5O3. The van der Waals surface area contributed by atoms with Gasteiger partial charge in [0.1, 0.15) is 17.3 Å². The maximum atomic E-state index is 14.8. The van der Waals surface area contributed by atoms with Crippen molar-refractivity contribution in [1.82, 2.24) is 24.4 Å². The molecule has 3 aromatic heterocycles. The number of ether oxygens (including phenoxy) is 1. The number of hydrogen-bond acceptors (Lipinski definition) is 5. The maximum absolute atomic E-state index is 14.8. The number of nitrogens with zero attached hydrogens (tertiary/aromatic N) is 4. The van der Waals surface area contributed by atoms with Gasteiger partial charge in [-0.3, -0.25) is 18.9 Å². The van der Waals surface area contributed by atoms with E-state index in [1.807, 2.05) is 0 Å². The van der Waals surface area contributed by atoms with Crippen LogP contribution in [-0.4, -0.2) is 38.2 Å². The molecule has 1 aliphatic rings. The molecule has 8 nitrogen and oxygen atoms in total. The first-order chi connectivity index (χ1) is 18.8. The highest BCUT2D eigenvalue weighted by Gasteiger charge is 2.28. The van der Waals surface area contributed by atoms with Gasteiger partial charge in [-0.15, -0.1) is 0 Å². The molecule has 4 aromatic rings. The van der Waals surface area contributed by atoms with Gasteiger partial charge in [-0.25, -0.2) is 22.9 Å². The van der Waals surface area contributed by atoms with Crippen LogP contribution in [0, 0.1) is 11.7 Å². The Balaban J connectivity index is 1.33. The van der Waals surface area contributed by atoms with Crippen molar-refractivity contribution >= 4 is 28.7 Å². The first-order valence-corrected chi connectivity index (χ1v) is 12.8. The molecule has 5 rings (SSSR count). The van der Waals surface area contributed by atoms with Crippen molar-refractivity contribution in [2.45, 2.75) is 44.7 Å². The van der Waals surface area contributed by atoms with E-state index in [1.165, 1.54) is 35.9 Å². The molecule has 1 amide bonds. The van der Waals surface area contributed by atoms with Crippen molar-refractivity contribution in [3.05, 3.63) is 81.4 Å². The quantitative estimate of drug-likeness (QED) is 0.331. The van der Waals surface area contributed by atoms with Crippen LogP contribution in [0.15, 0.2) is 53.6 Å². The zero-order valence-corrected chi connectivity index (χ0v) is 21.7. The van der Waals surface area contributed by atoms with Gasteiger partial charge >= 0.3 is 5.69 Å². The van der Waals surface area contributed by atoms with E-state index in [4.69, 9.17) is 16.3 Å². The number of hydrogen-bond donors (Lipinski definition) is 1. The molecule has 12 heteroatoms. The lowest BCUT2D eigenvalue weighted by molar-refractivity contribution is 0.0904. The van der Waals surface area contributed by atoms with Crippen molar-refractivity contribution in [3.8, 4) is 11.4 Å². The Hall–Kier alpha value is -3.86. The van der Waals surface area contributed by atoms with Crippen molar-refractivity contribution < 1.29 is 22.7 Å². The number of carbonyl (C=O) groups is 1. The van der Waals surface area contributed by atoms with Gasteiger partial charge in [-0.05, 0) is 61.9 Å². The summed E-state index contributed by atoms with van der Waals surface area (Å²) in [7, 11) is 1.47. The van der Waals surface area contributed by atoms with Crippen LogP contribution < -0.4 is 15.7 Å². The van der Waals surface area contributed by atoms with Crippen LogP contribution >= 0.6 is 11.6 Å². The van der Waals surface area contributed by atoms with Crippen LogP contribution in [0.2, 0.25) is 5.02 Å². The van der Waals surface area contributed by atoms with Gasteiger partial charge in [-0.2, -0.15) is 0 Å². The molecule has 0 saturated heterocycles. The summed E-state index contributed by atoms with van der Waals surface area (Å²) in [5, 5.41) is 2.91. The Bertz CT molecular complexity index is 1580. The van der Waals surface area contributed by atoms with Gasteiger partial charge in [0.25, 0.3) is 12.3 Å². The van der Waals surface area contributed by atoms with Crippen molar-refractivity contribution in [2.75, 3.05) is 7.11 Å². The number of fused-ring (bicyclic) bond motifs is 1. The zero-order chi connectivity index (χ0) is 27.7. The van der Waals surface area contributed by atoms with E-state index >= 15 is 0 Å². The largest absolute Gasteiger partial charge is 0.497 e. The fraction of sp³-hybridized carbons (Fsp3) is 0.333. The minimum absolute atomic E-state index is 0.0705. The summed E-state index contributed by atoms with van der Waals surface area (Å²) in [6, 6.07) is 8.57. The lowest BCUT2D eigenvalue weighted by Crippen LogP contribution is -2.39. The van der Waals surface area contributed by atoms with Crippen LogP contribution in [0.4, 0.5) is 13.2 Å². The number of carbonyl (C=O) groups excluding carboxylic acids is 1. The first-order valence-electron chi connectivity index (χ1n) is 12.4. The number of aromatic nitrogens is 4. The Morgan fingerprint density at radius 1 is 1.18 bits per heavy atom. The standard InChI is InChI=1S/C27H25ClF3N5O3/c1-39-18-8-9-20(29)22(12-18)36-21-3-2-10-32-25(21)35(27(36)38)14-15-4-6-17(7-5-15)34-26(37)19-11-16(28)13-33-23(19)24(30)31/h2-3,8-13,15,17,24H,4-7,14H2,1H3,(H,34,37). The van der Waals surface area contributed by atoms with Crippen molar-refractivity contribution in [1.29, 1.82) is 0 Å². The fourth-order valence-electron chi connectivity index (χ4n) is 5.09. The molecule has 1 N–H and O–H groups in total. The van der Waals surface area contributed by atoms with E-state index in [9.17, 15) is 22.8 Å². The molecule has 204 valence electrons. The summed E-state index contributed by atoms with van der Waals surface area (Å²) >= 11 is 5.87. The van der Waals surface area contributed by atoms with Gasteiger partial charge in [0.2, 0.25) is 0 Å². The number of alkyl halides is 2. The minimum Gasteiger partial charge on any atom is -0.497 e. The van der Waals surface area contributed by atoms with Crippen LogP contribution in [0.1, 0.15) is 48.2 Å². The summed E-state index contributed by atoms with van der Waals surface area (Å²) in [5.74, 6) is -0.705. The molecule has 1 aliphatic carbocycles. The molecule has 39 heavy (non-hydrogen) atoms. The number of nitrogens with one attached hydrogen (secondary N) is 1. The summed E-state index contributed by atoms with van der Waals surface area (Å²) in [5.41, 5.74) is -0.287. The molecule has 0 radical (unpaired) electrons. The van der Waals surface area contributed by atoms with E-state index in [0.29, 0.717) is 49.1 Å². The van der Waals surface area contributed by atoms with Gasteiger partial charge in [0, 0.05) is 31.0 Å². The fourth-order valence-corrected chi connectivity index (χ4v) is 5.25. The average molecular weight is 560 g/mol. The molecule has 0 aliphatic heterocycles. The van der Waals surface area contributed by atoms with E-state index in [2.05, 4.69) is 15.3 Å². The van der Waals surface area contributed by atoms with E-state index in [-0.39, 0.29) is 28.2 Å². The number of benzene rings is 1. The number of rotatable bonds is 7. The molecule has 0 bridgehead atoms. The first kappa shape index (κ1) is 26.7. The smallest absolute Gasteiger partial charge is 0.335 e. The van der Waals surface area contributed by atoms with Crippen LogP contribution in [-0.2, 0) is 6.54 Å². The van der Waals surface area contributed by atoms with E-state index < -0.39 is 29.5 Å². The third-order valence-corrected chi connectivity index (χ3v) is 7.24. The predicted molar refractivity (Wildman–Crippen MR) is 139 cm³/mol. The summed E-state index contributed by atoms with van der Waals surface area (Å²) in [6.45, 7) is 0.360. The molecule has 0 atom stereocenters. The number of halogens is 4. The molecule has 3 heterocycles. The highest BCUT2D eigenvalue weighted by atomic mass is 35.5. The van der Waals surface area contributed by atoms with Gasteiger partial charge < -0.3 is 10.1 Å². The molecule has 1 fully saturated rings. The summed E-state index contributed by atoms with van der Waals surface area (Å²) < 4.78 is 49.5. The van der Waals surface area contributed by atoms with Crippen LogP contribution in [0.5, 0.6) is 5.75 Å². The van der Waals surface area contributed by atoms with Crippen molar-refractivity contribution in [2.24, 2.45) is 5.92 Å². The molecule has 0 spiro atoms. The number of amides is 1. The van der Waals surface area contributed by atoms with Gasteiger partial charge in [0.05, 0.1) is 28.9 Å². The van der Waals surface area contributed by atoms with Crippen LogP contribution in [0.25, 0.3) is 16.9 Å². The van der Waals surface area contributed by atoms with Gasteiger partial charge in [-0.1, -0.05) is 11.6 Å². The zero-order valence-electron chi connectivity index (χ0n) is 20.9. The molecular weight excluding hydrogens is 535 g/mol. The monoisotopic (exact) mass is 559 g/mol. The second kappa shape index (κ2) is 11.1. The summed E-state index contributed by atoms with van der Waals surface area (Å²) in [6.07, 6.45) is 2.31. The number of pyridine rings is 2. The van der Waals surface area contributed by atoms with Crippen LogP contribution in [0.3, 0.4) is 0 Å². The lowest BCUT2D eigenvalue weighted by Gasteiger charge is -2.29. The maximum Gasteiger partial charge on any atom is 0.335 e. The van der Waals surface area contributed by atoms with Gasteiger partial charge in [0.15, 0.2) is 5.65 Å². The molecule has 1 aromatic carbocycles. The highest BCUT2D eigenvalue weighted by molar-refractivity contribution is 6.30. The third kappa shape index (κ3) is 5.36. The molecule has 1 saturated carbocycles. The third-order valence-electron chi connectivity index (χ3n) is 7.04. The lowest BCUT2D eigenvalue weighted by atomic mass is 9.86.